The molecule has 180 valence electrons. The quantitative estimate of drug-likeness (QED) is 0.374. The SMILES string of the molecule is CCN(CC)C(=O)Oc1c(-c2cccc(OC)c2)cc(C(C)(C)C)cc1-c1cccc(OC)c1. The Labute approximate surface area is 203 Å². The van der Waals surface area contributed by atoms with Crippen LogP contribution in [0.2, 0.25) is 0 Å². The van der Waals surface area contributed by atoms with Crippen molar-refractivity contribution in [3.05, 3.63) is 66.2 Å². The molecule has 0 atom stereocenters. The van der Waals surface area contributed by atoms with E-state index in [0.29, 0.717) is 18.8 Å². The number of amides is 1. The first kappa shape index (κ1) is 25.2. The first-order valence-corrected chi connectivity index (χ1v) is 11.7. The summed E-state index contributed by atoms with van der Waals surface area (Å²) < 4.78 is 17.1. The molecular weight excluding hydrogens is 426 g/mol. The van der Waals surface area contributed by atoms with Crippen molar-refractivity contribution < 1.29 is 19.0 Å². The average Bonchev–Trinajstić information content (AvgIpc) is 2.84. The molecule has 5 heteroatoms. The predicted octanol–water partition coefficient (Wildman–Crippen LogP) is 7.18. The summed E-state index contributed by atoms with van der Waals surface area (Å²) >= 11 is 0. The molecule has 0 unspecified atom stereocenters. The normalized spacial score (nSPS) is 11.1. The number of benzene rings is 3. The summed E-state index contributed by atoms with van der Waals surface area (Å²) in [4.78, 5) is 14.8. The Morgan fingerprint density at radius 1 is 0.794 bits per heavy atom. The molecule has 0 N–H and O–H groups in total. The average molecular weight is 462 g/mol. The van der Waals surface area contributed by atoms with E-state index in [2.05, 4.69) is 32.9 Å². The lowest BCUT2D eigenvalue weighted by Crippen LogP contribution is -2.33. The number of nitrogens with zero attached hydrogens (tertiary/aromatic N) is 1. The van der Waals surface area contributed by atoms with Crippen molar-refractivity contribution in [2.45, 2.75) is 40.0 Å². The van der Waals surface area contributed by atoms with Gasteiger partial charge < -0.3 is 19.1 Å². The van der Waals surface area contributed by atoms with E-state index < -0.39 is 0 Å². The Bertz CT molecular complexity index is 1070. The maximum absolute atomic E-state index is 13.1. The number of hydrogen-bond donors (Lipinski definition) is 0. The van der Waals surface area contributed by atoms with Crippen LogP contribution in [0.4, 0.5) is 4.79 Å². The van der Waals surface area contributed by atoms with E-state index in [1.165, 1.54) is 0 Å². The lowest BCUT2D eigenvalue weighted by Gasteiger charge is -2.26. The number of rotatable bonds is 7. The molecule has 0 bridgehead atoms. The molecule has 0 aliphatic rings. The molecular formula is C29H35NO4. The van der Waals surface area contributed by atoms with Crippen molar-refractivity contribution in [2.24, 2.45) is 0 Å². The van der Waals surface area contributed by atoms with Gasteiger partial charge in [-0.2, -0.15) is 0 Å². The third-order valence-corrected chi connectivity index (χ3v) is 5.93. The third-order valence-electron chi connectivity index (χ3n) is 5.93. The lowest BCUT2D eigenvalue weighted by molar-refractivity contribution is 0.157. The standard InChI is InChI=1S/C29H35NO4/c1-8-30(9-2)28(31)34-27-25(20-12-10-14-23(16-20)32-6)18-22(29(3,4)5)19-26(27)21-13-11-15-24(17-21)33-7/h10-19H,8-9H2,1-7H3. The number of hydrogen-bond acceptors (Lipinski definition) is 4. The Hall–Kier alpha value is -3.47. The van der Waals surface area contributed by atoms with E-state index >= 15 is 0 Å². The molecule has 1 amide bonds. The van der Waals surface area contributed by atoms with E-state index in [1.807, 2.05) is 62.4 Å². The zero-order chi connectivity index (χ0) is 24.9. The van der Waals surface area contributed by atoms with Crippen LogP contribution in [-0.2, 0) is 5.41 Å². The summed E-state index contributed by atoms with van der Waals surface area (Å²) in [6, 6.07) is 19.9. The van der Waals surface area contributed by atoms with Gasteiger partial charge >= 0.3 is 6.09 Å². The highest BCUT2D eigenvalue weighted by atomic mass is 16.6. The van der Waals surface area contributed by atoms with Crippen molar-refractivity contribution in [3.63, 3.8) is 0 Å². The van der Waals surface area contributed by atoms with Gasteiger partial charge in [0.05, 0.1) is 14.2 Å². The van der Waals surface area contributed by atoms with Crippen molar-refractivity contribution in [3.8, 4) is 39.5 Å². The molecule has 3 aromatic rings. The van der Waals surface area contributed by atoms with E-state index in [1.54, 1.807) is 19.1 Å². The zero-order valence-electron chi connectivity index (χ0n) is 21.3. The minimum atomic E-state index is -0.373. The summed E-state index contributed by atoms with van der Waals surface area (Å²) in [5.74, 6) is 2.00. The molecule has 0 fully saturated rings. The Kier molecular flexibility index (Phi) is 7.87. The highest BCUT2D eigenvalue weighted by molar-refractivity contribution is 5.87. The summed E-state index contributed by atoms with van der Waals surface area (Å²) in [6.45, 7) is 11.5. The monoisotopic (exact) mass is 461 g/mol. The molecule has 0 aliphatic heterocycles. The molecule has 34 heavy (non-hydrogen) atoms. The molecule has 3 aromatic carbocycles. The van der Waals surface area contributed by atoms with Crippen LogP contribution >= 0.6 is 0 Å². The van der Waals surface area contributed by atoms with Crippen molar-refractivity contribution in [2.75, 3.05) is 27.3 Å². The molecule has 0 saturated heterocycles. The molecule has 0 saturated carbocycles. The van der Waals surface area contributed by atoms with Crippen LogP contribution in [0.5, 0.6) is 17.2 Å². The van der Waals surface area contributed by atoms with Gasteiger partial charge in [-0.15, -0.1) is 0 Å². The van der Waals surface area contributed by atoms with Crippen LogP contribution in [0.15, 0.2) is 60.7 Å². The van der Waals surface area contributed by atoms with Crippen LogP contribution in [0.25, 0.3) is 22.3 Å². The Morgan fingerprint density at radius 2 is 1.26 bits per heavy atom. The van der Waals surface area contributed by atoms with Crippen LogP contribution in [0, 0.1) is 0 Å². The van der Waals surface area contributed by atoms with Gasteiger partial charge in [-0.1, -0.05) is 45.0 Å². The van der Waals surface area contributed by atoms with Crippen LogP contribution in [0.1, 0.15) is 40.2 Å². The van der Waals surface area contributed by atoms with Crippen molar-refractivity contribution in [1.29, 1.82) is 0 Å². The van der Waals surface area contributed by atoms with Gasteiger partial charge in [0.1, 0.15) is 17.2 Å². The van der Waals surface area contributed by atoms with Crippen molar-refractivity contribution >= 4 is 6.09 Å². The Balaban J connectivity index is 2.35. The second-order valence-corrected chi connectivity index (χ2v) is 9.15. The van der Waals surface area contributed by atoms with Crippen LogP contribution in [0.3, 0.4) is 0 Å². The molecule has 0 aromatic heterocycles. The molecule has 3 rings (SSSR count). The highest BCUT2D eigenvalue weighted by Crippen LogP contribution is 2.44. The second-order valence-electron chi connectivity index (χ2n) is 9.15. The van der Waals surface area contributed by atoms with Gasteiger partial charge in [0.2, 0.25) is 0 Å². The highest BCUT2D eigenvalue weighted by Gasteiger charge is 2.24. The van der Waals surface area contributed by atoms with Gasteiger partial charge in [-0.05, 0) is 72.4 Å². The minimum Gasteiger partial charge on any atom is -0.497 e. The first-order chi connectivity index (χ1) is 16.2. The second kappa shape index (κ2) is 10.6. The Morgan fingerprint density at radius 3 is 1.65 bits per heavy atom. The summed E-state index contributed by atoms with van der Waals surface area (Å²) in [5, 5.41) is 0. The summed E-state index contributed by atoms with van der Waals surface area (Å²) in [7, 11) is 3.29. The molecule has 0 spiro atoms. The minimum absolute atomic E-state index is 0.122. The van der Waals surface area contributed by atoms with E-state index in [-0.39, 0.29) is 11.5 Å². The lowest BCUT2D eigenvalue weighted by atomic mass is 9.82. The van der Waals surface area contributed by atoms with Crippen LogP contribution in [-0.4, -0.2) is 38.3 Å². The summed E-state index contributed by atoms with van der Waals surface area (Å²) in [6.07, 6.45) is -0.373. The van der Waals surface area contributed by atoms with Gasteiger partial charge in [0.15, 0.2) is 0 Å². The molecule has 5 nitrogen and oxygen atoms in total. The number of carbonyl (C=O) groups is 1. The maximum Gasteiger partial charge on any atom is 0.415 e. The number of carbonyl (C=O) groups excluding carboxylic acids is 1. The fourth-order valence-electron chi connectivity index (χ4n) is 3.82. The smallest absolute Gasteiger partial charge is 0.415 e. The zero-order valence-corrected chi connectivity index (χ0v) is 21.3. The van der Waals surface area contributed by atoms with E-state index in [4.69, 9.17) is 14.2 Å². The van der Waals surface area contributed by atoms with Gasteiger partial charge in [-0.25, -0.2) is 4.79 Å². The van der Waals surface area contributed by atoms with Gasteiger partial charge in [0.25, 0.3) is 0 Å². The molecule has 0 radical (unpaired) electrons. The number of ether oxygens (including phenoxy) is 3. The summed E-state index contributed by atoms with van der Waals surface area (Å²) in [5.41, 5.74) is 4.51. The largest absolute Gasteiger partial charge is 0.497 e. The maximum atomic E-state index is 13.1. The van der Waals surface area contributed by atoms with E-state index in [0.717, 1.165) is 39.3 Å². The molecule has 0 aliphatic carbocycles. The first-order valence-electron chi connectivity index (χ1n) is 11.7. The number of methoxy groups -OCH3 is 2. The van der Waals surface area contributed by atoms with E-state index in [9.17, 15) is 4.79 Å². The third kappa shape index (κ3) is 5.53. The van der Waals surface area contributed by atoms with Crippen molar-refractivity contribution in [1.82, 2.24) is 4.90 Å². The van der Waals surface area contributed by atoms with Crippen LogP contribution < -0.4 is 14.2 Å². The topological polar surface area (TPSA) is 48.0 Å². The predicted molar refractivity (Wildman–Crippen MR) is 138 cm³/mol. The van der Waals surface area contributed by atoms with Gasteiger partial charge in [0, 0.05) is 24.2 Å². The molecule has 0 heterocycles. The fourth-order valence-corrected chi connectivity index (χ4v) is 3.82. The van der Waals surface area contributed by atoms with Gasteiger partial charge in [-0.3, -0.25) is 0 Å². The fraction of sp³-hybridized carbons (Fsp3) is 0.345.